The van der Waals surface area contributed by atoms with Gasteiger partial charge in [0.1, 0.15) is 0 Å². The standard InChI is InChI=1S/2C12H25N3O2/c2*1-8(2)11(16)10(15-9(3)4)6-5-7-14-12(13)17/h2*8-10,15H,5-7H2,1-4H3,(H3,13,14,17)/t2*10-/m00/s1. The van der Waals surface area contributed by atoms with Crippen LogP contribution in [0, 0.1) is 11.8 Å². The zero-order chi connectivity index (χ0) is 26.8. The second-order valence-corrected chi connectivity index (χ2v) is 9.73. The fourth-order valence-corrected chi connectivity index (χ4v) is 3.26. The number of ketones is 2. The van der Waals surface area contributed by atoms with E-state index >= 15 is 0 Å². The Balaban J connectivity index is 0. The Morgan fingerprint density at radius 3 is 1.09 bits per heavy atom. The zero-order valence-corrected chi connectivity index (χ0v) is 22.5. The van der Waals surface area contributed by atoms with Gasteiger partial charge in [-0.25, -0.2) is 9.59 Å². The molecule has 0 aromatic rings. The fraction of sp³-hybridized carbons (Fsp3) is 0.833. The van der Waals surface area contributed by atoms with Crippen molar-refractivity contribution in [1.82, 2.24) is 21.3 Å². The molecule has 200 valence electrons. The fourth-order valence-electron chi connectivity index (χ4n) is 3.26. The molecule has 0 saturated carbocycles. The van der Waals surface area contributed by atoms with E-state index in [1.54, 1.807) is 0 Å². The summed E-state index contributed by atoms with van der Waals surface area (Å²) < 4.78 is 0. The van der Waals surface area contributed by atoms with Crippen LogP contribution in [0.15, 0.2) is 0 Å². The molecule has 0 fully saturated rings. The van der Waals surface area contributed by atoms with Crippen molar-refractivity contribution in [1.29, 1.82) is 0 Å². The minimum atomic E-state index is -0.520. The quantitative estimate of drug-likeness (QED) is 0.182. The molecule has 0 aromatic carbocycles. The number of carbonyl (C=O) groups is 4. The van der Waals surface area contributed by atoms with Gasteiger partial charge in [0.25, 0.3) is 0 Å². The van der Waals surface area contributed by atoms with Gasteiger partial charge in [0.15, 0.2) is 11.6 Å². The van der Waals surface area contributed by atoms with Crippen molar-refractivity contribution in [2.45, 2.75) is 105 Å². The molecule has 0 unspecified atom stereocenters. The Bertz CT molecular complexity index is 556. The molecule has 10 heteroatoms. The first-order valence-electron chi connectivity index (χ1n) is 12.3. The lowest BCUT2D eigenvalue weighted by atomic mass is 9.97. The summed E-state index contributed by atoms with van der Waals surface area (Å²) in [6.07, 6.45) is 2.92. The molecule has 0 rings (SSSR count). The first-order valence-corrected chi connectivity index (χ1v) is 12.3. The predicted molar refractivity (Wildman–Crippen MR) is 137 cm³/mol. The number of hydrogen-bond donors (Lipinski definition) is 6. The van der Waals surface area contributed by atoms with Crippen LogP contribution in [-0.2, 0) is 9.59 Å². The average Bonchev–Trinajstić information content (AvgIpc) is 2.70. The molecule has 0 bridgehead atoms. The van der Waals surface area contributed by atoms with Crippen molar-refractivity contribution >= 4 is 23.6 Å². The van der Waals surface area contributed by atoms with Crippen LogP contribution < -0.4 is 32.7 Å². The molecule has 0 saturated heterocycles. The van der Waals surface area contributed by atoms with E-state index in [1.165, 1.54) is 0 Å². The molecule has 0 spiro atoms. The predicted octanol–water partition coefficient (Wildman–Crippen LogP) is 2.05. The van der Waals surface area contributed by atoms with E-state index in [-0.39, 0.29) is 47.6 Å². The lowest BCUT2D eigenvalue weighted by Crippen LogP contribution is -2.43. The van der Waals surface area contributed by atoms with E-state index in [4.69, 9.17) is 11.5 Å². The summed E-state index contributed by atoms with van der Waals surface area (Å²) in [5, 5.41) is 11.6. The van der Waals surface area contributed by atoms with Crippen molar-refractivity contribution in [3.05, 3.63) is 0 Å². The highest BCUT2D eigenvalue weighted by Gasteiger charge is 2.22. The Kier molecular flexibility index (Phi) is 19.1. The lowest BCUT2D eigenvalue weighted by molar-refractivity contribution is -0.125. The first-order chi connectivity index (χ1) is 15.7. The van der Waals surface area contributed by atoms with Crippen molar-refractivity contribution in [3.63, 3.8) is 0 Å². The van der Waals surface area contributed by atoms with Crippen LogP contribution >= 0.6 is 0 Å². The Hall–Kier alpha value is -2.20. The van der Waals surface area contributed by atoms with Crippen molar-refractivity contribution in [3.8, 4) is 0 Å². The number of primary amides is 2. The van der Waals surface area contributed by atoms with Gasteiger partial charge in [-0.1, -0.05) is 55.4 Å². The molecule has 0 radical (unpaired) electrons. The molecule has 0 aliphatic rings. The highest BCUT2D eigenvalue weighted by molar-refractivity contribution is 5.86. The largest absolute Gasteiger partial charge is 0.352 e. The van der Waals surface area contributed by atoms with E-state index in [0.717, 1.165) is 25.7 Å². The molecule has 10 nitrogen and oxygen atoms in total. The summed E-state index contributed by atoms with van der Waals surface area (Å²) in [6, 6.07) is -0.768. The third-order valence-corrected chi connectivity index (χ3v) is 4.83. The summed E-state index contributed by atoms with van der Waals surface area (Å²) in [5.41, 5.74) is 9.93. The van der Waals surface area contributed by atoms with Crippen LogP contribution in [0.4, 0.5) is 9.59 Å². The maximum atomic E-state index is 11.9. The normalized spacial score (nSPS) is 12.8. The molecule has 4 amide bonds. The maximum absolute atomic E-state index is 11.9. The first kappa shape index (κ1) is 34.0. The second kappa shape index (κ2) is 19.1. The van der Waals surface area contributed by atoms with Gasteiger partial charge in [-0.05, 0) is 25.7 Å². The van der Waals surface area contributed by atoms with Crippen LogP contribution in [0.25, 0.3) is 0 Å². The molecule has 0 heterocycles. The van der Waals surface area contributed by atoms with Crippen molar-refractivity contribution in [2.24, 2.45) is 23.3 Å². The Morgan fingerprint density at radius 1 is 0.588 bits per heavy atom. The van der Waals surface area contributed by atoms with Gasteiger partial charge >= 0.3 is 12.1 Å². The van der Waals surface area contributed by atoms with E-state index in [2.05, 4.69) is 21.3 Å². The summed E-state index contributed by atoms with van der Waals surface area (Å²) >= 11 is 0. The van der Waals surface area contributed by atoms with Crippen molar-refractivity contribution in [2.75, 3.05) is 13.1 Å². The van der Waals surface area contributed by atoms with Gasteiger partial charge < -0.3 is 32.7 Å². The van der Waals surface area contributed by atoms with Crippen LogP contribution in [0.2, 0.25) is 0 Å². The van der Waals surface area contributed by atoms with E-state index in [0.29, 0.717) is 13.1 Å². The Labute approximate surface area is 206 Å². The van der Waals surface area contributed by atoms with Crippen molar-refractivity contribution < 1.29 is 19.2 Å². The second-order valence-electron chi connectivity index (χ2n) is 9.73. The third kappa shape index (κ3) is 19.3. The zero-order valence-electron chi connectivity index (χ0n) is 22.5. The molecule has 0 aromatic heterocycles. The number of carbonyl (C=O) groups excluding carboxylic acids is 4. The number of amides is 4. The monoisotopic (exact) mass is 486 g/mol. The minimum Gasteiger partial charge on any atom is -0.352 e. The highest BCUT2D eigenvalue weighted by Crippen LogP contribution is 2.08. The summed E-state index contributed by atoms with van der Waals surface area (Å²) in [6.45, 7) is 16.7. The van der Waals surface area contributed by atoms with E-state index < -0.39 is 12.1 Å². The van der Waals surface area contributed by atoms with Gasteiger partial charge in [0, 0.05) is 37.0 Å². The van der Waals surface area contributed by atoms with Gasteiger partial charge in [0.2, 0.25) is 0 Å². The summed E-state index contributed by atoms with van der Waals surface area (Å²) in [7, 11) is 0. The molecular formula is C24H50N6O4. The van der Waals surface area contributed by atoms with Crippen LogP contribution in [0.5, 0.6) is 0 Å². The minimum absolute atomic E-state index is 0.0235. The molecule has 8 N–H and O–H groups in total. The molecule has 0 aliphatic heterocycles. The van der Waals surface area contributed by atoms with Gasteiger partial charge in [-0.15, -0.1) is 0 Å². The molecular weight excluding hydrogens is 436 g/mol. The number of nitrogens with two attached hydrogens (primary N) is 2. The SMILES string of the molecule is CC(C)N[C@@H](CCCNC(N)=O)C(=O)C(C)C.CC(C)N[C@@H](CCCNC(N)=O)C(=O)C(C)C. The summed E-state index contributed by atoms with van der Waals surface area (Å²) in [4.78, 5) is 44.8. The number of rotatable bonds is 16. The van der Waals surface area contributed by atoms with E-state index in [1.807, 2.05) is 55.4 Å². The average molecular weight is 487 g/mol. The molecule has 2 atom stereocenters. The summed E-state index contributed by atoms with van der Waals surface area (Å²) in [5.74, 6) is 0.487. The topological polar surface area (TPSA) is 168 Å². The number of nitrogens with one attached hydrogen (secondary N) is 4. The van der Waals surface area contributed by atoms with Crippen LogP contribution in [-0.4, -0.2) is 60.9 Å². The third-order valence-electron chi connectivity index (χ3n) is 4.83. The smallest absolute Gasteiger partial charge is 0.312 e. The Morgan fingerprint density at radius 2 is 0.882 bits per heavy atom. The van der Waals surface area contributed by atoms with Gasteiger partial charge in [-0.3, -0.25) is 9.59 Å². The van der Waals surface area contributed by atoms with Gasteiger partial charge in [0.05, 0.1) is 12.1 Å². The lowest BCUT2D eigenvalue weighted by Gasteiger charge is -2.21. The van der Waals surface area contributed by atoms with Crippen LogP contribution in [0.1, 0.15) is 81.1 Å². The van der Waals surface area contributed by atoms with Gasteiger partial charge in [-0.2, -0.15) is 0 Å². The highest BCUT2D eigenvalue weighted by atomic mass is 16.2. The van der Waals surface area contributed by atoms with Crippen LogP contribution in [0.3, 0.4) is 0 Å². The molecule has 34 heavy (non-hydrogen) atoms. The number of urea groups is 2. The number of Topliss-reactive ketones (excluding diaryl/α,β-unsaturated/α-hetero) is 2. The number of hydrogen-bond acceptors (Lipinski definition) is 6. The molecule has 0 aliphatic carbocycles. The van der Waals surface area contributed by atoms with E-state index in [9.17, 15) is 19.2 Å². The maximum Gasteiger partial charge on any atom is 0.312 e.